The molecule has 1 heterocycles. The van der Waals surface area contributed by atoms with E-state index in [4.69, 9.17) is 11.6 Å². The lowest BCUT2D eigenvalue weighted by Gasteiger charge is -2.39. The Morgan fingerprint density at radius 2 is 1.91 bits per heavy atom. The predicted octanol–water partition coefficient (Wildman–Crippen LogP) is 2.37. The molecule has 3 rings (SSSR count). The number of hydrogen-bond donors (Lipinski definition) is 3. The van der Waals surface area contributed by atoms with Gasteiger partial charge in [0.2, 0.25) is 0 Å². The maximum absolute atomic E-state index is 11.7. The first kappa shape index (κ1) is 16.3. The van der Waals surface area contributed by atoms with E-state index >= 15 is 0 Å². The van der Waals surface area contributed by atoms with E-state index in [0.29, 0.717) is 30.8 Å². The lowest BCUT2D eigenvalue weighted by molar-refractivity contribution is -0.119. The quantitative estimate of drug-likeness (QED) is 0.583. The van der Waals surface area contributed by atoms with Gasteiger partial charge in [-0.25, -0.2) is 0 Å². The molecule has 2 aliphatic rings. The van der Waals surface area contributed by atoms with E-state index in [1.54, 1.807) is 0 Å². The number of halogens is 1. The lowest BCUT2D eigenvalue weighted by atomic mass is 9.80. The highest BCUT2D eigenvalue weighted by atomic mass is 35.5. The van der Waals surface area contributed by atoms with Gasteiger partial charge in [0.05, 0.1) is 6.73 Å². The number of phenols is 2. The van der Waals surface area contributed by atoms with Crippen LogP contribution in [0, 0.1) is 0 Å². The summed E-state index contributed by atoms with van der Waals surface area (Å²) in [7, 11) is 0. The van der Waals surface area contributed by atoms with Crippen LogP contribution in [0.15, 0.2) is 23.3 Å². The van der Waals surface area contributed by atoms with Crippen molar-refractivity contribution in [3.8, 4) is 11.5 Å². The third kappa shape index (κ3) is 3.22. The van der Waals surface area contributed by atoms with Crippen molar-refractivity contribution in [1.82, 2.24) is 4.90 Å². The highest BCUT2D eigenvalue weighted by molar-refractivity contribution is 6.31. The van der Waals surface area contributed by atoms with Crippen LogP contribution < -0.4 is 0 Å². The van der Waals surface area contributed by atoms with E-state index in [0.717, 1.165) is 18.4 Å². The van der Waals surface area contributed by atoms with E-state index < -0.39 is 0 Å². The number of phenolic OH excluding ortho intramolecular Hbond substituents is 2. The van der Waals surface area contributed by atoms with Crippen LogP contribution in [0.5, 0.6) is 11.5 Å². The Morgan fingerprint density at radius 1 is 1.17 bits per heavy atom. The second-order valence-electron chi connectivity index (χ2n) is 6.20. The van der Waals surface area contributed by atoms with Gasteiger partial charge in [-0.05, 0) is 30.9 Å². The molecule has 1 aliphatic carbocycles. The molecule has 1 unspecified atom stereocenters. The van der Waals surface area contributed by atoms with Gasteiger partial charge in [0.15, 0.2) is 11.5 Å². The summed E-state index contributed by atoms with van der Waals surface area (Å²) >= 11 is 6.19. The highest BCUT2D eigenvalue weighted by Crippen LogP contribution is 2.37. The third-order valence-corrected chi connectivity index (χ3v) is 5.17. The van der Waals surface area contributed by atoms with E-state index in [1.807, 2.05) is 4.90 Å². The molecule has 6 heteroatoms. The second-order valence-corrected chi connectivity index (χ2v) is 6.61. The normalized spacial score (nSPS) is 22.3. The van der Waals surface area contributed by atoms with E-state index in [9.17, 15) is 20.1 Å². The van der Waals surface area contributed by atoms with Crippen molar-refractivity contribution in [3.05, 3.63) is 33.9 Å². The number of hydrogen-bond acceptors (Lipinski definition) is 5. The zero-order valence-corrected chi connectivity index (χ0v) is 13.5. The molecule has 1 aliphatic heterocycles. The molecule has 0 spiro atoms. The minimum atomic E-state index is -0.246. The zero-order valence-electron chi connectivity index (χ0n) is 12.8. The lowest BCUT2D eigenvalue weighted by Crippen LogP contribution is -2.44. The van der Waals surface area contributed by atoms with Crippen molar-refractivity contribution in [2.45, 2.75) is 38.1 Å². The van der Waals surface area contributed by atoms with Gasteiger partial charge >= 0.3 is 0 Å². The molecule has 0 fully saturated rings. The first-order chi connectivity index (χ1) is 11.0. The van der Waals surface area contributed by atoms with Crippen LogP contribution in [0.25, 0.3) is 0 Å². The SMILES string of the molecule is O=C1CCC2=C(CCN(CO)C2Cc2cc(O)c(O)cc2Cl)C1. The fourth-order valence-corrected chi connectivity index (χ4v) is 3.81. The largest absolute Gasteiger partial charge is 0.504 e. The van der Waals surface area contributed by atoms with Gasteiger partial charge in [0, 0.05) is 36.5 Å². The Bertz CT molecular complexity index is 671. The van der Waals surface area contributed by atoms with Gasteiger partial charge in [0.1, 0.15) is 5.78 Å². The van der Waals surface area contributed by atoms with Crippen LogP contribution in [0.2, 0.25) is 5.02 Å². The van der Waals surface area contributed by atoms with E-state index in [2.05, 4.69) is 0 Å². The summed E-state index contributed by atoms with van der Waals surface area (Å²) in [4.78, 5) is 13.7. The van der Waals surface area contributed by atoms with E-state index in [-0.39, 0.29) is 30.1 Å². The smallest absolute Gasteiger partial charge is 0.158 e. The third-order valence-electron chi connectivity index (χ3n) is 4.82. The topological polar surface area (TPSA) is 81.0 Å². The Hall–Kier alpha value is -1.56. The number of benzene rings is 1. The molecule has 1 aromatic rings. The predicted molar refractivity (Wildman–Crippen MR) is 86.6 cm³/mol. The van der Waals surface area contributed by atoms with Gasteiger partial charge in [-0.1, -0.05) is 22.7 Å². The molecule has 0 saturated heterocycles. The fourth-order valence-electron chi connectivity index (χ4n) is 3.58. The van der Waals surface area contributed by atoms with Gasteiger partial charge in [-0.3, -0.25) is 9.69 Å². The molecular weight excluding hydrogens is 318 g/mol. The maximum atomic E-state index is 11.7. The summed E-state index contributed by atoms with van der Waals surface area (Å²) in [6.07, 6.45) is 3.12. The summed E-state index contributed by atoms with van der Waals surface area (Å²) in [5.41, 5.74) is 3.12. The molecular formula is C17H20ClNO4. The van der Waals surface area contributed by atoms with Gasteiger partial charge < -0.3 is 15.3 Å². The number of aliphatic hydroxyl groups excluding tert-OH is 1. The van der Waals surface area contributed by atoms with Crippen LogP contribution in [-0.2, 0) is 11.2 Å². The minimum absolute atomic E-state index is 0.0294. The molecule has 0 aromatic heterocycles. The summed E-state index contributed by atoms with van der Waals surface area (Å²) in [5.74, 6) is -0.173. The number of Topliss-reactive ketones (excluding diaryl/α,β-unsaturated/α-hetero) is 1. The van der Waals surface area contributed by atoms with Crippen molar-refractivity contribution < 1.29 is 20.1 Å². The number of aromatic hydroxyl groups is 2. The zero-order chi connectivity index (χ0) is 16.6. The Kier molecular flexibility index (Phi) is 4.62. The van der Waals surface area contributed by atoms with Gasteiger partial charge in [0.25, 0.3) is 0 Å². The van der Waals surface area contributed by atoms with Crippen molar-refractivity contribution in [1.29, 1.82) is 0 Å². The van der Waals surface area contributed by atoms with Gasteiger partial charge in [-0.15, -0.1) is 0 Å². The monoisotopic (exact) mass is 337 g/mol. The van der Waals surface area contributed by atoms with Crippen LogP contribution in [-0.4, -0.2) is 45.3 Å². The van der Waals surface area contributed by atoms with Crippen LogP contribution in [0.3, 0.4) is 0 Å². The second kappa shape index (κ2) is 6.51. The molecule has 0 radical (unpaired) electrons. The molecule has 124 valence electrons. The summed E-state index contributed by atoms with van der Waals surface area (Å²) in [6.45, 7) is 0.645. The van der Waals surface area contributed by atoms with Crippen molar-refractivity contribution in [2.75, 3.05) is 13.3 Å². The number of ketones is 1. The van der Waals surface area contributed by atoms with Crippen LogP contribution in [0.4, 0.5) is 0 Å². The number of nitrogens with zero attached hydrogens (tertiary/aromatic N) is 1. The Labute approximate surface area is 139 Å². The minimum Gasteiger partial charge on any atom is -0.504 e. The first-order valence-electron chi connectivity index (χ1n) is 7.77. The molecule has 0 amide bonds. The molecule has 23 heavy (non-hydrogen) atoms. The number of aliphatic hydroxyl groups is 1. The number of carbonyl (C=O) groups excluding carboxylic acids is 1. The number of carbonyl (C=O) groups is 1. The van der Waals surface area contributed by atoms with E-state index in [1.165, 1.54) is 23.3 Å². The van der Waals surface area contributed by atoms with Crippen molar-refractivity contribution >= 4 is 17.4 Å². The fraction of sp³-hybridized carbons (Fsp3) is 0.471. The Balaban J connectivity index is 1.93. The summed E-state index contributed by atoms with van der Waals surface area (Å²) < 4.78 is 0. The molecule has 1 atom stereocenters. The molecule has 1 aromatic carbocycles. The first-order valence-corrected chi connectivity index (χ1v) is 8.15. The molecule has 3 N–H and O–H groups in total. The molecule has 5 nitrogen and oxygen atoms in total. The van der Waals surface area contributed by atoms with Crippen LogP contribution >= 0.6 is 11.6 Å². The Morgan fingerprint density at radius 3 is 2.65 bits per heavy atom. The number of rotatable bonds is 3. The average molecular weight is 338 g/mol. The van der Waals surface area contributed by atoms with Gasteiger partial charge in [-0.2, -0.15) is 0 Å². The highest BCUT2D eigenvalue weighted by Gasteiger charge is 2.32. The molecule has 0 saturated carbocycles. The maximum Gasteiger partial charge on any atom is 0.158 e. The summed E-state index contributed by atoms with van der Waals surface area (Å²) in [6, 6.07) is 2.77. The van der Waals surface area contributed by atoms with Crippen molar-refractivity contribution in [2.24, 2.45) is 0 Å². The van der Waals surface area contributed by atoms with Crippen molar-refractivity contribution in [3.63, 3.8) is 0 Å². The molecule has 0 bridgehead atoms. The standard InChI is InChI=1S/C17H20ClNO4/c18-14-8-17(23)16(22)7-11(14)6-15-13-2-1-12(21)5-10(13)3-4-19(15)9-20/h7-8,15,20,22-23H,1-6,9H2. The van der Waals surface area contributed by atoms with Crippen LogP contribution in [0.1, 0.15) is 31.2 Å². The summed E-state index contributed by atoms with van der Waals surface area (Å²) in [5, 5.41) is 29.3. The average Bonchev–Trinajstić information content (AvgIpc) is 2.52.